The predicted molar refractivity (Wildman–Crippen MR) is 55.0 cm³/mol. The topological polar surface area (TPSA) is 63.3 Å². The molecule has 0 amide bonds. The van der Waals surface area contributed by atoms with E-state index in [1.54, 1.807) is 0 Å². The fraction of sp³-hybridized carbons (Fsp3) is 0.273. The molecular weight excluding hydrogens is 251 g/mol. The Labute approximate surface area is 99.0 Å². The lowest BCUT2D eigenvalue weighted by Crippen LogP contribution is -2.05. The van der Waals surface area contributed by atoms with Crippen LogP contribution in [0, 0.1) is 0 Å². The van der Waals surface area contributed by atoms with Gasteiger partial charge in [-0.25, -0.2) is 0 Å². The van der Waals surface area contributed by atoms with Crippen LogP contribution in [0.3, 0.4) is 0 Å². The van der Waals surface area contributed by atoms with E-state index in [0.717, 1.165) is 0 Å². The van der Waals surface area contributed by atoms with Crippen LogP contribution in [0.15, 0.2) is 22.7 Å². The van der Waals surface area contributed by atoms with Gasteiger partial charge in [-0.2, -0.15) is 13.2 Å². The van der Waals surface area contributed by atoms with E-state index in [9.17, 15) is 18.0 Å². The monoisotopic (exact) mass is 259 g/mol. The number of aromatic nitrogens is 1. The van der Waals surface area contributed by atoms with Gasteiger partial charge in [0, 0.05) is 6.42 Å². The second kappa shape index (κ2) is 4.32. The molecule has 1 N–H and O–H groups in total. The Balaban J connectivity index is 2.45. The third kappa shape index (κ3) is 2.29. The Morgan fingerprint density at radius 2 is 2.11 bits per heavy atom. The number of benzene rings is 1. The highest BCUT2D eigenvalue weighted by atomic mass is 19.4. The van der Waals surface area contributed by atoms with Gasteiger partial charge >= 0.3 is 12.1 Å². The highest BCUT2D eigenvalue weighted by molar-refractivity contribution is 5.83. The minimum absolute atomic E-state index is 0.00826. The van der Waals surface area contributed by atoms with Crippen LogP contribution < -0.4 is 0 Å². The molecule has 2 aromatic rings. The quantitative estimate of drug-likeness (QED) is 0.920. The fourth-order valence-electron chi connectivity index (χ4n) is 1.66. The van der Waals surface area contributed by atoms with E-state index in [1.165, 1.54) is 18.2 Å². The minimum Gasteiger partial charge on any atom is -0.481 e. The summed E-state index contributed by atoms with van der Waals surface area (Å²) in [7, 11) is 0. The molecule has 0 fully saturated rings. The molecule has 0 spiro atoms. The Kier molecular flexibility index (Phi) is 2.98. The van der Waals surface area contributed by atoms with Crippen LogP contribution in [-0.2, 0) is 17.4 Å². The molecular formula is C11H8F3NO3. The molecule has 7 heteroatoms. The maximum Gasteiger partial charge on any atom is 0.437 e. The minimum atomic E-state index is -4.59. The van der Waals surface area contributed by atoms with Gasteiger partial charge in [-0.3, -0.25) is 4.79 Å². The molecule has 2 rings (SSSR count). The second-order valence-corrected chi connectivity index (χ2v) is 3.72. The maximum atomic E-state index is 12.6. The van der Waals surface area contributed by atoms with E-state index < -0.39 is 17.8 Å². The number of hydrogen-bond acceptors (Lipinski definition) is 3. The Morgan fingerprint density at radius 1 is 1.39 bits per heavy atom. The molecule has 1 heterocycles. The van der Waals surface area contributed by atoms with Gasteiger partial charge in [0.15, 0.2) is 11.3 Å². The Hall–Kier alpha value is -2.05. The average molecular weight is 259 g/mol. The SMILES string of the molecule is O=C(O)CCc1cccc2c(C(F)(F)F)noc12. The molecule has 0 atom stereocenters. The van der Waals surface area contributed by atoms with Crippen molar-refractivity contribution >= 4 is 16.9 Å². The predicted octanol–water partition coefficient (Wildman–Crippen LogP) is 2.86. The summed E-state index contributed by atoms with van der Waals surface area (Å²) in [5.41, 5.74) is -0.696. The van der Waals surface area contributed by atoms with Crippen LogP contribution in [0.4, 0.5) is 13.2 Å². The summed E-state index contributed by atoms with van der Waals surface area (Å²) in [6.45, 7) is 0. The van der Waals surface area contributed by atoms with Gasteiger partial charge in [0.05, 0.1) is 5.39 Å². The van der Waals surface area contributed by atoms with Crippen molar-refractivity contribution in [3.05, 3.63) is 29.5 Å². The van der Waals surface area contributed by atoms with Crippen LogP contribution in [-0.4, -0.2) is 16.2 Å². The van der Waals surface area contributed by atoms with Crippen molar-refractivity contribution in [1.82, 2.24) is 5.16 Å². The highest BCUT2D eigenvalue weighted by Gasteiger charge is 2.37. The lowest BCUT2D eigenvalue weighted by Gasteiger charge is -2.02. The van der Waals surface area contributed by atoms with E-state index in [0.29, 0.717) is 5.56 Å². The number of carboxylic acid groups (broad SMARTS) is 1. The van der Waals surface area contributed by atoms with Gasteiger partial charge in [-0.15, -0.1) is 0 Å². The summed E-state index contributed by atoms with van der Waals surface area (Å²) < 4.78 is 42.4. The molecule has 18 heavy (non-hydrogen) atoms. The number of carboxylic acids is 1. The highest BCUT2D eigenvalue weighted by Crippen LogP contribution is 2.35. The normalized spacial score (nSPS) is 11.9. The summed E-state index contributed by atoms with van der Waals surface area (Å²) in [5, 5.41) is 11.4. The molecule has 0 aliphatic rings. The number of para-hydroxylation sites is 1. The molecule has 0 unspecified atom stereocenters. The van der Waals surface area contributed by atoms with E-state index >= 15 is 0 Å². The number of aliphatic carboxylic acids is 1. The van der Waals surface area contributed by atoms with E-state index in [2.05, 4.69) is 9.68 Å². The largest absolute Gasteiger partial charge is 0.481 e. The summed E-state index contributed by atoms with van der Waals surface area (Å²) in [5.74, 6) is -1.03. The van der Waals surface area contributed by atoms with Gasteiger partial charge in [0.25, 0.3) is 0 Å². The summed E-state index contributed by atoms with van der Waals surface area (Å²) in [4.78, 5) is 10.4. The number of halogens is 3. The summed E-state index contributed by atoms with van der Waals surface area (Å²) in [6.07, 6.45) is -4.67. The van der Waals surface area contributed by atoms with Crippen molar-refractivity contribution in [2.24, 2.45) is 0 Å². The number of rotatable bonds is 3. The molecule has 96 valence electrons. The van der Waals surface area contributed by atoms with Gasteiger partial charge < -0.3 is 9.63 Å². The smallest absolute Gasteiger partial charge is 0.437 e. The van der Waals surface area contributed by atoms with Gasteiger partial charge in [-0.05, 0) is 18.1 Å². The molecule has 0 aliphatic carbocycles. The third-order valence-corrected chi connectivity index (χ3v) is 2.46. The Bertz CT molecular complexity index is 589. The summed E-state index contributed by atoms with van der Waals surface area (Å²) in [6, 6.07) is 4.20. The van der Waals surface area contributed by atoms with Crippen molar-refractivity contribution in [1.29, 1.82) is 0 Å². The fourth-order valence-corrected chi connectivity index (χ4v) is 1.66. The van der Waals surface area contributed by atoms with Crippen LogP contribution in [0.25, 0.3) is 11.0 Å². The second-order valence-electron chi connectivity index (χ2n) is 3.72. The molecule has 1 aromatic carbocycles. The molecule has 4 nitrogen and oxygen atoms in total. The first-order valence-electron chi connectivity index (χ1n) is 5.06. The number of aryl methyl sites for hydroxylation is 1. The van der Waals surface area contributed by atoms with Gasteiger partial charge in [0.2, 0.25) is 0 Å². The van der Waals surface area contributed by atoms with Crippen LogP contribution in [0.2, 0.25) is 0 Å². The molecule has 0 saturated heterocycles. The lowest BCUT2D eigenvalue weighted by atomic mass is 10.1. The zero-order chi connectivity index (χ0) is 13.3. The number of hydrogen-bond donors (Lipinski definition) is 1. The summed E-state index contributed by atoms with van der Waals surface area (Å²) >= 11 is 0. The zero-order valence-electron chi connectivity index (χ0n) is 8.99. The van der Waals surface area contributed by atoms with Crippen molar-refractivity contribution in [3.8, 4) is 0 Å². The molecule has 0 aliphatic heterocycles. The van der Waals surface area contributed by atoms with E-state index in [1.807, 2.05) is 0 Å². The molecule has 1 aromatic heterocycles. The standard InChI is InChI=1S/C11H8F3NO3/c12-11(13,14)10-7-3-1-2-6(4-5-8(16)17)9(7)18-15-10/h1-3H,4-5H2,(H,16,17). The molecule has 0 saturated carbocycles. The first-order chi connectivity index (χ1) is 8.39. The van der Waals surface area contributed by atoms with Crippen LogP contribution in [0.1, 0.15) is 17.7 Å². The first-order valence-corrected chi connectivity index (χ1v) is 5.06. The van der Waals surface area contributed by atoms with Crippen molar-refractivity contribution in [3.63, 3.8) is 0 Å². The number of alkyl halides is 3. The van der Waals surface area contributed by atoms with Crippen molar-refractivity contribution < 1.29 is 27.6 Å². The van der Waals surface area contributed by atoms with E-state index in [-0.39, 0.29) is 23.8 Å². The average Bonchev–Trinajstić information content (AvgIpc) is 2.69. The van der Waals surface area contributed by atoms with Crippen LogP contribution >= 0.6 is 0 Å². The van der Waals surface area contributed by atoms with Crippen molar-refractivity contribution in [2.75, 3.05) is 0 Å². The molecule has 0 bridgehead atoms. The van der Waals surface area contributed by atoms with E-state index in [4.69, 9.17) is 5.11 Å². The zero-order valence-corrected chi connectivity index (χ0v) is 8.99. The number of carbonyl (C=O) groups is 1. The van der Waals surface area contributed by atoms with Crippen molar-refractivity contribution in [2.45, 2.75) is 19.0 Å². The first kappa shape index (κ1) is 12.4. The molecule has 0 radical (unpaired) electrons. The Morgan fingerprint density at radius 3 is 2.72 bits per heavy atom. The van der Waals surface area contributed by atoms with Gasteiger partial charge in [0.1, 0.15) is 0 Å². The van der Waals surface area contributed by atoms with Gasteiger partial charge in [-0.1, -0.05) is 17.3 Å². The lowest BCUT2D eigenvalue weighted by molar-refractivity contribution is -0.141. The number of nitrogens with zero attached hydrogens (tertiary/aromatic N) is 1. The third-order valence-electron chi connectivity index (χ3n) is 2.46. The van der Waals surface area contributed by atoms with Crippen LogP contribution in [0.5, 0.6) is 0 Å². The maximum absolute atomic E-state index is 12.6. The number of fused-ring (bicyclic) bond motifs is 1.